The number of rotatable bonds is 6. The van der Waals surface area contributed by atoms with Gasteiger partial charge in [-0.3, -0.25) is 9.79 Å². The molecule has 1 aliphatic rings. The quantitative estimate of drug-likeness (QED) is 0.560. The molecule has 1 saturated heterocycles. The van der Waals surface area contributed by atoms with Crippen LogP contribution in [0.25, 0.3) is 0 Å². The number of benzene rings is 1. The molecule has 2 rings (SSSR count). The van der Waals surface area contributed by atoms with Gasteiger partial charge < -0.3 is 15.5 Å². The Balaban J connectivity index is 1.76. The number of aliphatic imine (C=N–C) groups is 1. The molecule has 0 aliphatic carbocycles. The summed E-state index contributed by atoms with van der Waals surface area (Å²) < 4.78 is 22.9. The molecule has 1 fully saturated rings. The second kappa shape index (κ2) is 9.02. The van der Waals surface area contributed by atoms with Gasteiger partial charge in [-0.05, 0) is 24.5 Å². The first-order valence-corrected chi connectivity index (χ1v) is 10.6. The second-order valence-electron chi connectivity index (χ2n) is 6.67. The fourth-order valence-electron chi connectivity index (χ4n) is 3.00. The van der Waals surface area contributed by atoms with E-state index in [1.807, 2.05) is 24.1 Å². The van der Waals surface area contributed by atoms with E-state index in [0.29, 0.717) is 18.9 Å². The zero-order valence-corrected chi connectivity index (χ0v) is 16.5. The number of carbonyl (C=O) groups is 1. The topological polar surface area (TPSA) is 90.9 Å². The van der Waals surface area contributed by atoms with E-state index in [4.69, 9.17) is 0 Å². The van der Waals surface area contributed by atoms with Gasteiger partial charge in [-0.2, -0.15) is 0 Å². The maximum atomic E-state index is 12.0. The molecule has 1 aromatic carbocycles. The average Bonchev–Trinajstić information content (AvgIpc) is 2.92. The van der Waals surface area contributed by atoms with Crippen LogP contribution in [-0.2, 0) is 21.2 Å². The molecule has 1 aromatic rings. The molecule has 1 unspecified atom stereocenters. The van der Waals surface area contributed by atoms with Crippen molar-refractivity contribution in [1.82, 2.24) is 15.5 Å². The number of nitrogens with one attached hydrogen (secondary N) is 2. The van der Waals surface area contributed by atoms with Gasteiger partial charge in [-0.25, -0.2) is 8.42 Å². The van der Waals surface area contributed by atoms with Crippen LogP contribution in [0.2, 0.25) is 0 Å². The minimum absolute atomic E-state index is 0.0486. The molecule has 0 saturated carbocycles. The van der Waals surface area contributed by atoms with E-state index in [2.05, 4.69) is 34.7 Å². The first-order valence-electron chi connectivity index (χ1n) is 8.77. The zero-order chi connectivity index (χ0) is 19.2. The van der Waals surface area contributed by atoms with Crippen LogP contribution in [0, 0.1) is 6.92 Å². The van der Waals surface area contributed by atoms with E-state index in [-0.39, 0.29) is 29.9 Å². The van der Waals surface area contributed by atoms with Crippen LogP contribution in [0.1, 0.15) is 24.0 Å². The molecule has 0 aromatic heterocycles. The van der Waals surface area contributed by atoms with Gasteiger partial charge in [0.25, 0.3) is 0 Å². The largest absolute Gasteiger partial charge is 0.356 e. The Labute approximate surface area is 155 Å². The molecule has 26 heavy (non-hydrogen) atoms. The minimum atomic E-state index is -2.98. The third kappa shape index (κ3) is 6.01. The van der Waals surface area contributed by atoms with Crippen LogP contribution >= 0.6 is 0 Å². The normalized spacial score (nSPS) is 19.2. The summed E-state index contributed by atoms with van der Waals surface area (Å²) in [5, 5.41) is 5.97. The van der Waals surface area contributed by atoms with Crippen molar-refractivity contribution in [1.29, 1.82) is 0 Å². The van der Waals surface area contributed by atoms with Crippen molar-refractivity contribution < 1.29 is 13.2 Å². The van der Waals surface area contributed by atoms with Crippen LogP contribution < -0.4 is 10.6 Å². The molecular weight excluding hydrogens is 352 g/mol. The van der Waals surface area contributed by atoms with Crippen molar-refractivity contribution in [3.05, 3.63) is 35.4 Å². The number of carbonyl (C=O) groups excluding carboxylic acids is 1. The Morgan fingerprint density at radius 2 is 2.08 bits per heavy atom. The Kier molecular flexibility index (Phi) is 7.02. The standard InChI is InChI=1S/C18H28N4O3S/c1-14-6-4-5-7-15(14)12-22(3)18(19-2)20-10-8-17(23)21-16-9-11-26(24,25)13-16/h4-7,16H,8-13H2,1-3H3,(H,19,20)(H,21,23). The lowest BCUT2D eigenvalue weighted by Crippen LogP contribution is -2.41. The molecular formula is C18H28N4O3S. The minimum Gasteiger partial charge on any atom is -0.356 e. The van der Waals surface area contributed by atoms with Gasteiger partial charge in [0.2, 0.25) is 5.91 Å². The van der Waals surface area contributed by atoms with Crippen molar-refractivity contribution >= 4 is 21.7 Å². The van der Waals surface area contributed by atoms with Gasteiger partial charge in [0.1, 0.15) is 0 Å². The van der Waals surface area contributed by atoms with Gasteiger partial charge in [-0.15, -0.1) is 0 Å². The van der Waals surface area contributed by atoms with Gasteiger partial charge in [0.15, 0.2) is 15.8 Å². The predicted octanol–water partition coefficient (Wildman–Crippen LogP) is 0.696. The molecule has 0 spiro atoms. The van der Waals surface area contributed by atoms with Crippen LogP contribution in [0.3, 0.4) is 0 Å². The van der Waals surface area contributed by atoms with Gasteiger partial charge in [0.05, 0.1) is 11.5 Å². The number of hydrogen-bond donors (Lipinski definition) is 2. The Hall–Kier alpha value is -2.09. The summed E-state index contributed by atoms with van der Waals surface area (Å²) >= 11 is 0. The van der Waals surface area contributed by atoms with Crippen LogP contribution in [0.4, 0.5) is 0 Å². The Morgan fingerprint density at radius 3 is 2.69 bits per heavy atom. The molecule has 2 N–H and O–H groups in total. The lowest BCUT2D eigenvalue weighted by molar-refractivity contribution is -0.121. The van der Waals surface area contributed by atoms with Gasteiger partial charge >= 0.3 is 0 Å². The molecule has 144 valence electrons. The Morgan fingerprint density at radius 1 is 1.35 bits per heavy atom. The maximum Gasteiger partial charge on any atom is 0.222 e. The Bertz CT molecular complexity index is 761. The van der Waals surface area contributed by atoms with Crippen molar-refractivity contribution in [3.8, 4) is 0 Å². The first kappa shape index (κ1) is 20.2. The second-order valence-corrected chi connectivity index (χ2v) is 8.90. The molecule has 1 heterocycles. The summed E-state index contributed by atoms with van der Waals surface area (Å²) in [4.78, 5) is 18.2. The lowest BCUT2D eigenvalue weighted by atomic mass is 10.1. The van der Waals surface area contributed by atoms with Crippen molar-refractivity contribution in [2.45, 2.75) is 32.4 Å². The smallest absolute Gasteiger partial charge is 0.222 e. The molecule has 8 heteroatoms. The van der Waals surface area contributed by atoms with E-state index in [0.717, 1.165) is 6.54 Å². The maximum absolute atomic E-state index is 12.0. The summed E-state index contributed by atoms with van der Waals surface area (Å²) in [6, 6.07) is 7.94. The summed E-state index contributed by atoms with van der Waals surface area (Å²) in [5.41, 5.74) is 2.44. The van der Waals surface area contributed by atoms with Crippen LogP contribution in [0.5, 0.6) is 0 Å². The number of amides is 1. The highest BCUT2D eigenvalue weighted by atomic mass is 32.2. The van der Waals surface area contributed by atoms with E-state index < -0.39 is 9.84 Å². The fourth-order valence-corrected chi connectivity index (χ4v) is 4.67. The summed E-state index contributed by atoms with van der Waals surface area (Å²) in [7, 11) is 0.678. The SMILES string of the molecule is CN=C(NCCC(=O)NC1CCS(=O)(=O)C1)N(C)Cc1ccccc1C. The molecule has 1 amide bonds. The number of aryl methyl sites for hydroxylation is 1. The van der Waals surface area contributed by atoms with E-state index in [9.17, 15) is 13.2 Å². The van der Waals surface area contributed by atoms with Gasteiger partial charge in [-0.1, -0.05) is 24.3 Å². The highest BCUT2D eigenvalue weighted by molar-refractivity contribution is 7.91. The molecule has 0 radical (unpaired) electrons. The highest BCUT2D eigenvalue weighted by Crippen LogP contribution is 2.11. The number of sulfone groups is 1. The van der Waals surface area contributed by atoms with Crippen LogP contribution in [0.15, 0.2) is 29.3 Å². The van der Waals surface area contributed by atoms with Gasteiger partial charge in [0, 0.05) is 39.6 Å². The highest BCUT2D eigenvalue weighted by Gasteiger charge is 2.28. The van der Waals surface area contributed by atoms with Crippen LogP contribution in [-0.4, -0.2) is 63.4 Å². The predicted molar refractivity (Wildman–Crippen MR) is 104 cm³/mol. The molecule has 0 bridgehead atoms. The van der Waals surface area contributed by atoms with Crippen molar-refractivity contribution in [3.63, 3.8) is 0 Å². The van der Waals surface area contributed by atoms with E-state index in [1.54, 1.807) is 7.05 Å². The molecule has 1 aliphatic heterocycles. The molecule has 7 nitrogen and oxygen atoms in total. The lowest BCUT2D eigenvalue weighted by Gasteiger charge is -2.23. The van der Waals surface area contributed by atoms with Crippen molar-refractivity contribution in [2.24, 2.45) is 4.99 Å². The third-order valence-corrected chi connectivity index (χ3v) is 6.24. The van der Waals surface area contributed by atoms with Crippen molar-refractivity contribution in [2.75, 3.05) is 32.1 Å². The number of hydrogen-bond acceptors (Lipinski definition) is 4. The third-order valence-electron chi connectivity index (χ3n) is 4.47. The number of guanidine groups is 1. The van der Waals surface area contributed by atoms with E-state index >= 15 is 0 Å². The zero-order valence-electron chi connectivity index (χ0n) is 15.7. The molecule has 1 atom stereocenters. The fraction of sp³-hybridized carbons (Fsp3) is 0.556. The summed E-state index contributed by atoms with van der Waals surface area (Å²) in [6.07, 6.45) is 0.774. The van der Waals surface area contributed by atoms with E-state index in [1.165, 1.54) is 11.1 Å². The summed E-state index contributed by atoms with van der Waals surface area (Å²) in [6.45, 7) is 3.24. The first-order chi connectivity index (χ1) is 12.3. The monoisotopic (exact) mass is 380 g/mol. The average molecular weight is 381 g/mol. The number of nitrogens with zero attached hydrogens (tertiary/aromatic N) is 2. The summed E-state index contributed by atoms with van der Waals surface area (Å²) in [5.74, 6) is 0.778.